The molecule has 1 atom stereocenters. The van der Waals surface area contributed by atoms with Gasteiger partial charge in [-0.25, -0.2) is 4.98 Å². The molecule has 5 nitrogen and oxygen atoms in total. The zero-order chi connectivity index (χ0) is 13.0. The van der Waals surface area contributed by atoms with Crippen LogP contribution in [0.15, 0.2) is 6.20 Å². The Morgan fingerprint density at radius 1 is 1.61 bits per heavy atom. The molecule has 1 aromatic heterocycles. The van der Waals surface area contributed by atoms with Gasteiger partial charge in [0.2, 0.25) is 0 Å². The van der Waals surface area contributed by atoms with E-state index in [1.807, 2.05) is 0 Å². The first-order valence-corrected chi connectivity index (χ1v) is 6.68. The van der Waals surface area contributed by atoms with E-state index >= 15 is 0 Å². The smallest absolute Gasteiger partial charge is 0.318 e. The SMILES string of the molecule is CCCN(c1nc(OC)ncc1Cl)C1CCNC1. The van der Waals surface area contributed by atoms with Crippen molar-refractivity contribution in [2.45, 2.75) is 25.8 Å². The topological polar surface area (TPSA) is 50.3 Å². The highest BCUT2D eigenvalue weighted by Crippen LogP contribution is 2.27. The highest BCUT2D eigenvalue weighted by Gasteiger charge is 2.25. The minimum absolute atomic E-state index is 0.362. The van der Waals surface area contributed by atoms with Gasteiger partial charge in [-0.05, 0) is 19.4 Å². The van der Waals surface area contributed by atoms with Gasteiger partial charge in [-0.15, -0.1) is 0 Å². The molecule has 0 aliphatic carbocycles. The van der Waals surface area contributed by atoms with Crippen molar-refractivity contribution < 1.29 is 4.74 Å². The number of ether oxygens (including phenoxy) is 1. The summed E-state index contributed by atoms with van der Waals surface area (Å²) in [7, 11) is 1.56. The van der Waals surface area contributed by atoms with Gasteiger partial charge in [0.15, 0.2) is 5.82 Å². The lowest BCUT2D eigenvalue weighted by molar-refractivity contribution is 0.379. The predicted octanol–water partition coefficient (Wildman–Crippen LogP) is 1.72. The van der Waals surface area contributed by atoms with Crippen LogP contribution in [0.1, 0.15) is 19.8 Å². The second-order valence-corrected chi connectivity index (χ2v) is 4.78. The van der Waals surface area contributed by atoms with Crippen LogP contribution in [0.4, 0.5) is 5.82 Å². The zero-order valence-corrected chi connectivity index (χ0v) is 11.6. The molecule has 1 aliphatic rings. The number of hydrogen-bond donors (Lipinski definition) is 1. The molecule has 0 spiro atoms. The number of methoxy groups -OCH3 is 1. The molecule has 1 saturated heterocycles. The van der Waals surface area contributed by atoms with Gasteiger partial charge in [-0.1, -0.05) is 18.5 Å². The van der Waals surface area contributed by atoms with Crippen molar-refractivity contribution in [3.8, 4) is 6.01 Å². The van der Waals surface area contributed by atoms with E-state index in [2.05, 4.69) is 27.1 Å². The maximum absolute atomic E-state index is 6.22. The van der Waals surface area contributed by atoms with Gasteiger partial charge in [0.05, 0.1) is 13.3 Å². The molecular weight excluding hydrogens is 252 g/mol. The van der Waals surface area contributed by atoms with E-state index < -0.39 is 0 Å². The van der Waals surface area contributed by atoms with Gasteiger partial charge in [0.1, 0.15) is 5.02 Å². The van der Waals surface area contributed by atoms with Gasteiger partial charge in [0, 0.05) is 19.1 Å². The molecule has 0 amide bonds. The van der Waals surface area contributed by atoms with Gasteiger partial charge >= 0.3 is 6.01 Å². The van der Waals surface area contributed by atoms with E-state index in [1.165, 1.54) is 0 Å². The monoisotopic (exact) mass is 270 g/mol. The van der Waals surface area contributed by atoms with Crippen LogP contribution in [0.3, 0.4) is 0 Å². The van der Waals surface area contributed by atoms with Crippen molar-refractivity contribution in [2.75, 3.05) is 31.6 Å². The Hall–Kier alpha value is -1.07. The average molecular weight is 271 g/mol. The molecule has 0 radical (unpaired) electrons. The fraction of sp³-hybridized carbons (Fsp3) is 0.667. The van der Waals surface area contributed by atoms with Crippen molar-refractivity contribution in [3.63, 3.8) is 0 Å². The normalized spacial score (nSPS) is 18.9. The predicted molar refractivity (Wildman–Crippen MR) is 72.5 cm³/mol. The Balaban J connectivity index is 2.28. The third-order valence-corrected chi connectivity index (χ3v) is 3.36. The highest BCUT2D eigenvalue weighted by atomic mass is 35.5. The van der Waals surface area contributed by atoms with Crippen LogP contribution in [0.25, 0.3) is 0 Å². The molecule has 2 rings (SSSR count). The third kappa shape index (κ3) is 2.84. The molecule has 0 bridgehead atoms. The number of aromatic nitrogens is 2. The van der Waals surface area contributed by atoms with Crippen molar-refractivity contribution in [3.05, 3.63) is 11.2 Å². The van der Waals surface area contributed by atoms with E-state index in [0.29, 0.717) is 17.1 Å². The summed E-state index contributed by atoms with van der Waals surface area (Å²) in [5.41, 5.74) is 0. The van der Waals surface area contributed by atoms with E-state index in [0.717, 1.165) is 38.3 Å². The molecule has 18 heavy (non-hydrogen) atoms. The maximum atomic E-state index is 6.22. The first-order chi connectivity index (χ1) is 8.76. The van der Waals surface area contributed by atoms with Crippen LogP contribution in [0.5, 0.6) is 6.01 Å². The average Bonchev–Trinajstić information content (AvgIpc) is 2.91. The number of nitrogens with one attached hydrogen (secondary N) is 1. The molecule has 0 aromatic carbocycles. The number of hydrogen-bond acceptors (Lipinski definition) is 5. The molecule has 1 aromatic rings. The highest BCUT2D eigenvalue weighted by molar-refractivity contribution is 6.32. The number of halogens is 1. The Labute approximate surface area is 113 Å². The summed E-state index contributed by atoms with van der Waals surface area (Å²) < 4.78 is 5.08. The molecule has 100 valence electrons. The minimum atomic E-state index is 0.362. The van der Waals surface area contributed by atoms with Crippen LogP contribution in [-0.2, 0) is 0 Å². The van der Waals surface area contributed by atoms with Crippen molar-refractivity contribution in [2.24, 2.45) is 0 Å². The van der Waals surface area contributed by atoms with Gasteiger partial charge in [-0.2, -0.15) is 4.98 Å². The Bertz CT molecular complexity index is 396. The van der Waals surface area contributed by atoms with Gasteiger partial charge in [0.25, 0.3) is 0 Å². The Morgan fingerprint density at radius 3 is 3.06 bits per heavy atom. The molecule has 1 unspecified atom stereocenters. The lowest BCUT2D eigenvalue weighted by atomic mass is 10.2. The number of nitrogens with zero attached hydrogens (tertiary/aromatic N) is 3. The second-order valence-electron chi connectivity index (χ2n) is 4.37. The fourth-order valence-corrected chi connectivity index (χ4v) is 2.45. The Morgan fingerprint density at radius 2 is 2.44 bits per heavy atom. The van der Waals surface area contributed by atoms with Crippen LogP contribution in [0.2, 0.25) is 5.02 Å². The van der Waals surface area contributed by atoms with Crippen LogP contribution in [0, 0.1) is 0 Å². The lowest BCUT2D eigenvalue weighted by Gasteiger charge is -2.29. The standard InChI is InChI=1S/C12H19ClN4O/c1-3-6-17(9-4-5-14-7-9)11-10(13)8-15-12(16-11)18-2/h8-9,14H,3-7H2,1-2H3. The second kappa shape index (κ2) is 6.20. The molecular formula is C12H19ClN4O. The Kier molecular flexibility index (Phi) is 4.60. The van der Waals surface area contributed by atoms with E-state index in [4.69, 9.17) is 16.3 Å². The molecule has 1 aliphatic heterocycles. The van der Waals surface area contributed by atoms with Crippen molar-refractivity contribution in [1.29, 1.82) is 0 Å². The van der Waals surface area contributed by atoms with Crippen molar-refractivity contribution >= 4 is 17.4 Å². The summed E-state index contributed by atoms with van der Waals surface area (Å²) >= 11 is 6.22. The minimum Gasteiger partial charge on any atom is -0.467 e. The van der Waals surface area contributed by atoms with Crippen molar-refractivity contribution in [1.82, 2.24) is 15.3 Å². The van der Waals surface area contributed by atoms with E-state index in [-0.39, 0.29) is 0 Å². The molecule has 1 fully saturated rings. The lowest BCUT2D eigenvalue weighted by Crippen LogP contribution is -2.38. The largest absolute Gasteiger partial charge is 0.467 e. The quantitative estimate of drug-likeness (QED) is 0.883. The first-order valence-electron chi connectivity index (χ1n) is 6.30. The van der Waals surface area contributed by atoms with E-state index in [1.54, 1.807) is 13.3 Å². The van der Waals surface area contributed by atoms with Crippen LogP contribution < -0.4 is 15.0 Å². The van der Waals surface area contributed by atoms with Crippen LogP contribution in [-0.4, -0.2) is 42.8 Å². The summed E-state index contributed by atoms with van der Waals surface area (Å²) in [6.07, 6.45) is 3.77. The third-order valence-electron chi connectivity index (χ3n) is 3.10. The van der Waals surface area contributed by atoms with Gasteiger partial charge in [-0.3, -0.25) is 0 Å². The van der Waals surface area contributed by atoms with E-state index in [9.17, 15) is 0 Å². The number of anilines is 1. The first kappa shape index (κ1) is 13.4. The molecule has 1 N–H and O–H groups in total. The van der Waals surface area contributed by atoms with Crippen LogP contribution >= 0.6 is 11.6 Å². The molecule has 0 saturated carbocycles. The summed E-state index contributed by atoms with van der Waals surface area (Å²) in [5, 5.41) is 3.95. The summed E-state index contributed by atoms with van der Waals surface area (Å²) in [6.45, 7) is 5.11. The zero-order valence-electron chi connectivity index (χ0n) is 10.8. The maximum Gasteiger partial charge on any atom is 0.318 e. The summed E-state index contributed by atoms with van der Waals surface area (Å²) in [4.78, 5) is 10.7. The molecule has 6 heteroatoms. The molecule has 2 heterocycles. The summed E-state index contributed by atoms with van der Waals surface area (Å²) in [5.74, 6) is 0.777. The fourth-order valence-electron chi connectivity index (χ4n) is 2.25. The summed E-state index contributed by atoms with van der Waals surface area (Å²) in [6, 6.07) is 0.809. The number of rotatable bonds is 5. The van der Waals surface area contributed by atoms with Gasteiger partial charge < -0.3 is 15.0 Å².